The van der Waals surface area contributed by atoms with Crippen molar-refractivity contribution >= 4 is 47.4 Å². The minimum Gasteiger partial charge on any atom is -0.756 e. The molecule has 10 N–H and O–H groups in total. The Kier molecular flexibility index (Phi) is 9.62. The number of aliphatic hydroxyl groups is 2. The van der Waals surface area contributed by atoms with Crippen molar-refractivity contribution in [2.75, 3.05) is 6.61 Å². The van der Waals surface area contributed by atoms with Crippen molar-refractivity contribution in [2.24, 2.45) is 26.4 Å². The number of phosphoric acid groups is 3. The van der Waals surface area contributed by atoms with E-state index >= 15 is 0 Å². The predicted molar refractivity (Wildman–Crippen MR) is 107 cm³/mol. The molecule has 3 aliphatic heterocycles. The van der Waals surface area contributed by atoms with E-state index < -0.39 is 72.7 Å². The van der Waals surface area contributed by atoms with Crippen LogP contribution in [0.4, 0.5) is 0 Å². The van der Waals surface area contributed by atoms with Gasteiger partial charge >= 0.3 is 45.2 Å². The molecule has 0 radical (unpaired) electrons. The molecule has 192 valence electrons. The molecule has 3 heterocycles. The van der Waals surface area contributed by atoms with Crippen LogP contribution >= 0.6 is 23.5 Å². The van der Waals surface area contributed by atoms with Gasteiger partial charge in [0.1, 0.15) is 42.1 Å². The largest absolute Gasteiger partial charge is 1.00 e. The number of amidine groups is 2. The summed E-state index contributed by atoms with van der Waals surface area (Å²) in [4.78, 5) is 50.3. The molecule has 0 bridgehead atoms. The number of aliphatic imine (C=N–C) groups is 3. The molecule has 0 aromatic carbocycles. The first kappa shape index (κ1) is 30.6. The first-order chi connectivity index (χ1) is 15.5. The zero-order chi connectivity index (χ0) is 25.6. The summed E-state index contributed by atoms with van der Waals surface area (Å²) in [5.41, 5.74) is 11.7. The Morgan fingerprint density at radius 1 is 1.09 bits per heavy atom. The van der Waals surface area contributed by atoms with Crippen LogP contribution in [0.25, 0.3) is 0 Å². The Labute approximate surface area is 217 Å². The first-order valence-corrected chi connectivity index (χ1v) is 13.3. The van der Waals surface area contributed by atoms with E-state index in [1.54, 1.807) is 0 Å². The van der Waals surface area contributed by atoms with E-state index in [0.717, 1.165) is 0 Å². The molecule has 1 fully saturated rings. The second-order valence-electron chi connectivity index (χ2n) is 6.91. The van der Waals surface area contributed by atoms with E-state index in [1.165, 1.54) is 11.2 Å². The molecule has 0 aliphatic carbocycles. The minimum atomic E-state index is -5.82. The number of nitrogens with zero attached hydrogens (tertiary/aromatic N) is 4. The van der Waals surface area contributed by atoms with Gasteiger partial charge in [0.15, 0.2) is 6.23 Å². The number of rotatable bonds is 8. The fourth-order valence-corrected chi connectivity index (χ4v) is 6.22. The Morgan fingerprint density at radius 3 is 2.29 bits per heavy atom. The normalized spacial score (nSPS) is 35.6. The summed E-state index contributed by atoms with van der Waals surface area (Å²) in [5, 5.41) is 28.3. The molecule has 3 aliphatic rings. The van der Waals surface area contributed by atoms with E-state index in [-0.39, 0.29) is 41.2 Å². The summed E-state index contributed by atoms with van der Waals surface area (Å²) < 4.78 is 50.6. The van der Waals surface area contributed by atoms with Crippen LogP contribution in [0.5, 0.6) is 0 Å². The molecule has 35 heavy (non-hydrogen) atoms. The number of guanidine groups is 1. The molecule has 0 spiro atoms. The molecule has 9 atom stereocenters. The van der Waals surface area contributed by atoms with Crippen molar-refractivity contribution in [1.82, 2.24) is 4.90 Å². The van der Waals surface area contributed by atoms with Crippen molar-refractivity contribution in [1.29, 1.82) is 5.41 Å². The van der Waals surface area contributed by atoms with E-state index in [9.17, 15) is 33.7 Å². The Bertz CT molecular complexity index is 1080. The number of hydrogen-bond acceptors (Lipinski definition) is 15. The van der Waals surface area contributed by atoms with Crippen LogP contribution in [0.3, 0.4) is 0 Å². The minimum absolute atomic E-state index is 0. The molecule has 0 aromatic rings. The fraction of sp³-hybridized carbons (Fsp3) is 0.636. The average Bonchev–Trinajstić information content (AvgIpc) is 3.16. The topological polar surface area (TPSA) is 329 Å². The van der Waals surface area contributed by atoms with Gasteiger partial charge in [-0.15, -0.1) is 0 Å². The maximum atomic E-state index is 11.8. The van der Waals surface area contributed by atoms with Gasteiger partial charge in [0.05, 0.1) is 12.9 Å². The van der Waals surface area contributed by atoms with Crippen molar-refractivity contribution in [2.45, 2.75) is 36.6 Å². The summed E-state index contributed by atoms with van der Waals surface area (Å²) >= 11 is 0. The van der Waals surface area contributed by atoms with Gasteiger partial charge in [-0.1, -0.05) is 0 Å². The molecule has 0 saturated carbocycles. The van der Waals surface area contributed by atoms with Crippen LogP contribution in [0.2, 0.25) is 0 Å². The van der Waals surface area contributed by atoms with Crippen LogP contribution in [-0.4, -0.2) is 97.0 Å². The SMILES string of the molecule is N=C1N=C(N)C2N=CN(C3O[C@@H](COP(=O)(O)OP(=O)(O)OP(=O)([O-])O)[C@H](O)[C@@H]3O)C2C(N)=N1.[Na+]. The number of nitrogens with two attached hydrogens (primary N) is 2. The van der Waals surface area contributed by atoms with Gasteiger partial charge in [0, 0.05) is 0 Å². The summed E-state index contributed by atoms with van der Waals surface area (Å²) in [6, 6.07) is -1.87. The number of ether oxygens (including phenoxy) is 1. The predicted octanol–water partition coefficient (Wildman–Crippen LogP) is -7.11. The number of hydrogen-bond donors (Lipinski definition) is 8. The molecular weight excluding hydrogens is 554 g/mol. The van der Waals surface area contributed by atoms with Gasteiger partial charge in [-0.2, -0.15) is 14.3 Å². The maximum Gasteiger partial charge on any atom is 1.00 e. The van der Waals surface area contributed by atoms with Gasteiger partial charge in [0.2, 0.25) is 5.96 Å². The average molecular weight is 573 g/mol. The molecule has 3 rings (SSSR count). The second kappa shape index (κ2) is 11.0. The molecule has 1 saturated heterocycles. The van der Waals surface area contributed by atoms with Crippen LogP contribution in [0.1, 0.15) is 0 Å². The van der Waals surface area contributed by atoms with Gasteiger partial charge in [-0.3, -0.25) is 19.5 Å². The third kappa shape index (κ3) is 7.45. The second-order valence-corrected chi connectivity index (χ2v) is 11.3. The Morgan fingerprint density at radius 2 is 1.69 bits per heavy atom. The van der Waals surface area contributed by atoms with Crippen molar-refractivity contribution in [3.63, 3.8) is 0 Å². The summed E-state index contributed by atoms with van der Waals surface area (Å²) in [6.07, 6.45) is -5.17. The van der Waals surface area contributed by atoms with Crippen LogP contribution < -0.4 is 45.9 Å². The molecule has 0 aromatic heterocycles. The Hall–Kier alpha value is -0.630. The van der Waals surface area contributed by atoms with Crippen molar-refractivity contribution in [3.05, 3.63) is 0 Å². The summed E-state index contributed by atoms with van der Waals surface area (Å²) in [5.74, 6) is -0.754. The van der Waals surface area contributed by atoms with E-state index in [2.05, 4.69) is 28.1 Å². The van der Waals surface area contributed by atoms with Crippen molar-refractivity contribution < 1.29 is 90.9 Å². The standard InChI is InChI=1S/C11H20N7O13P3.Na/c12-8-4-5(9(13)17-11(14)16-8)18(2-15-4)10-7(20)6(19)3(29-10)1-28-33(24,25)31-34(26,27)30-32(21,22)23;/h2-7,10,19-20H,1H2,(H,24,25)(H,26,27)(H2,21,22,23)(H5,12,13,14,16,17);/q;+1/p-1/t3-,4?,5?,6-,7-,10?;/m0./s1. The van der Waals surface area contributed by atoms with Gasteiger partial charge < -0.3 is 50.9 Å². The first-order valence-electron chi connectivity index (χ1n) is 8.85. The molecule has 20 nitrogen and oxygen atoms in total. The number of nitrogens with one attached hydrogen (secondary N) is 1. The third-order valence-corrected chi connectivity index (χ3v) is 8.28. The molecule has 6 unspecified atom stereocenters. The number of fused-ring (bicyclic) bond motifs is 1. The van der Waals surface area contributed by atoms with Crippen LogP contribution in [0.15, 0.2) is 15.0 Å². The van der Waals surface area contributed by atoms with Crippen molar-refractivity contribution in [3.8, 4) is 0 Å². The fourth-order valence-electron chi connectivity index (χ4n) is 3.22. The molecule has 0 amide bonds. The third-order valence-electron chi connectivity index (χ3n) is 4.50. The van der Waals surface area contributed by atoms with Gasteiger partial charge in [0.25, 0.3) is 7.82 Å². The quantitative estimate of drug-likeness (QED) is 0.0987. The van der Waals surface area contributed by atoms with Crippen LogP contribution in [-0.2, 0) is 31.6 Å². The zero-order valence-electron chi connectivity index (χ0n) is 17.5. The smallest absolute Gasteiger partial charge is 0.756 e. The monoisotopic (exact) mass is 573 g/mol. The zero-order valence-corrected chi connectivity index (χ0v) is 22.2. The van der Waals surface area contributed by atoms with E-state index in [4.69, 9.17) is 31.4 Å². The number of aliphatic hydroxyl groups excluding tert-OH is 2. The van der Waals surface area contributed by atoms with E-state index in [1.807, 2.05) is 0 Å². The summed E-state index contributed by atoms with van der Waals surface area (Å²) in [7, 11) is -17.1. The maximum absolute atomic E-state index is 11.8. The Balaban J connectivity index is 0.00000432. The van der Waals surface area contributed by atoms with Gasteiger partial charge in [-0.05, 0) is 0 Å². The van der Waals surface area contributed by atoms with Crippen LogP contribution in [0, 0.1) is 5.41 Å². The number of phosphoric ester groups is 1. The molecular formula is C11H19N7NaO13P3. The van der Waals surface area contributed by atoms with E-state index in [0.29, 0.717) is 0 Å². The van der Waals surface area contributed by atoms with Gasteiger partial charge in [-0.25, -0.2) is 13.4 Å². The molecule has 24 heteroatoms. The summed E-state index contributed by atoms with van der Waals surface area (Å²) in [6.45, 7) is -1.02.